The van der Waals surface area contributed by atoms with E-state index in [1.54, 1.807) is 54.6 Å². The van der Waals surface area contributed by atoms with E-state index in [2.05, 4.69) is 4.98 Å². The van der Waals surface area contributed by atoms with E-state index in [9.17, 15) is 22.2 Å². The lowest BCUT2D eigenvalue weighted by Crippen LogP contribution is -2.33. The zero-order valence-corrected chi connectivity index (χ0v) is 19.7. The molecule has 0 saturated heterocycles. The number of hydrogen-bond acceptors (Lipinski definition) is 6. The van der Waals surface area contributed by atoms with Crippen LogP contribution in [0, 0.1) is 0 Å². The van der Waals surface area contributed by atoms with Crippen LogP contribution in [0.3, 0.4) is 0 Å². The van der Waals surface area contributed by atoms with Gasteiger partial charge < -0.3 is 0 Å². The molecule has 2 heterocycles. The van der Waals surface area contributed by atoms with E-state index in [1.165, 1.54) is 20.3 Å². The number of rotatable bonds is 8. The van der Waals surface area contributed by atoms with E-state index < -0.39 is 21.0 Å². The first-order valence-corrected chi connectivity index (χ1v) is 12.7. The molecule has 0 radical (unpaired) electrons. The van der Waals surface area contributed by atoms with Crippen molar-refractivity contribution in [3.05, 3.63) is 77.6 Å². The average Bonchev–Trinajstić information content (AvgIpc) is 3.35. The minimum atomic E-state index is -4.02. The molecule has 11 heteroatoms. The van der Waals surface area contributed by atoms with Gasteiger partial charge in [0.1, 0.15) is 10.8 Å². The number of imidazole rings is 1. The first-order chi connectivity index (χ1) is 15.7. The predicted octanol–water partition coefficient (Wildman–Crippen LogP) is 1.93. The summed E-state index contributed by atoms with van der Waals surface area (Å²) in [6.07, 6.45) is 1.90. The summed E-state index contributed by atoms with van der Waals surface area (Å²) in [4.78, 5) is 30.9. The van der Waals surface area contributed by atoms with Crippen LogP contribution in [-0.4, -0.2) is 63.2 Å². The van der Waals surface area contributed by atoms with E-state index in [4.69, 9.17) is 0 Å². The average molecular weight is 487 g/mol. The van der Waals surface area contributed by atoms with Gasteiger partial charge in [-0.05, 0) is 37.1 Å². The number of amides is 2. The van der Waals surface area contributed by atoms with Crippen LogP contribution in [0.1, 0.15) is 32.8 Å². The third kappa shape index (κ3) is 4.14. The summed E-state index contributed by atoms with van der Waals surface area (Å²) >= 11 is 0. The molecule has 4 rings (SSSR count). The molecule has 1 atom stereocenters. The molecule has 1 unspecified atom stereocenters. The number of carbonyl (C=O) groups is 2. The lowest BCUT2D eigenvalue weighted by atomic mass is 10.1. The molecule has 172 valence electrons. The summed E-state index contributed by atoms with van der Waals surface area (Å²) < 4.78 is 41.2. The number of aryl methyl sites for hydroxylation is 1. The van der Waals surface area contributed by atoms with Crippen molar-refractivity contribution >= 4 is 32.8 Å². The van der Waals surface area contributed by atoms with Crippen molar-refractivity contribution in [1.29, 1.82) is 0 Å². The number of benzene rings is 2. The number of carbonyl (C=O) groups excluding carboxylic acids is 2. The van der Waals surface area contributed by atoms with Crippen molar-refractivity contribution in [3.63, 3.8) is 0 Å². The van der Waals surface area contributed by atoms with E-state index in [0.717, 1.165) is 13.2 Å². The standard InChI is InChI=1S/C22H22N4O5S2/c1-24(2)33(30,31)26-16(15-23-22(26)32(29)17-10-4-3-5-11-17)9-8-14-25-20(27)18-12-6-7-13-19(18)21(25)28/h3-7,10-13,15H,8-9,14H2,1-2H3. The Kier molecular flexibility index (Phi) is 6.28. The Morgan fingerprint density at radius 2 is 1.52 bits per heavy atom. The zero-order valence-electron chi connectivity index (χ0n) is 18.0. The lowest BCUT2D eigenvalue weighted by Gasteiger charge is -2.18. The fourth-order valence-corrected chi connectivity index (χ4v) is 6.09. The van der Waals surface area contributed by atoms with Crippen molar-refractivity contribution in [3.8, 4) is 0 Å². The topological polar surface area (TPSA) is 110 Å². The molecule has 0 saturated carbocycles. The van der Waals surface area contributed by atoms with Gasteiger partial charge in [0.05, 0.1) is 23.0 Å². The van der Waals surface area contributed by atoms with Crippen LogP contribution in [0.5, 0.6) is 0 Å². The Labute approximate surface area is 194 Å². The van der Waals surface area contributed by atoms with Gasteiger partial charge in [0.15, 0.2) is 0 Å². The molecule has 33 heavy (non-hydrogen) atoms. The Hall–Kier alpha value is -3.15. The summed E-state index contributed by atoms with van der Waals surface area (Å²) in [6.45, 7) is 0.122. The molecule has 0 spiro atoms. The van der Waals surface area contributed by atoms with Crippen molar-refractivity contribution in [1.82, 2.24) is 18.2 Å². The SMILES string of the molecule is CN(C)S(=O)(=O)n1c(CCCN2C(=O)c3ccccc3C2=O)cnc1S(=O)c1ccccc1. The summed E-state index contributed by atoms with van der Waals surface area (Å²) in [5.74, 6) is -0.730. The van der Waals surface area contributed by atoms with Crippen LogP contribution in [0.15, 0.2) is 70.8 Å². The molecular weight excluding hydrogens is 464 g/mol. The minimum absolute atomic E-state index is 0.106. The van der Waals surface area contributed by atoms with Gasteiger partial charge in [0.25, 0.3) is 11.8 Å². The molecule has 2 aromatic carbocycles. The van der Waals surface area contributed by atoms with Crippen LogP contribution in [-0.2, 0) is 27.4 Å². The second-order valence-corrected chi connectivity index (χ2v) is 10.9. The smallest absolute Gasteiger partial charge is 0.274 e. The van der Waals surface area contributed by atoms with Crippen molar-refractivity contribution in [2.24, 2.45) is 0 Å². The van der Waals surface area contributed by atoms with E-state index in [1.807, 2.05) is 0 Å². The molecule has 0 aliphatic carbocycles. The molecule has 9 nitrogen and oxygen atoms in total. The molecule has 0 N–H and O–H groups in total. The monoisotopic (exact) mass is 486 g/mol. The normalized spacial score (nSPS) is 14.7. The van der Waals surface area contributed by atoms with Gasteiger partial charge >= 0.3 is 10.2 Å². The van der Waals surface area contributed by atoms with E-state index in [0.29, 0.717) is 28.1 Å². The minimum Gasteiger partial charge on any atom is -0.274 e. The van der Waals surface area contributed by atoms with Gasteiger partial charge in [-0.2, -0.15) is 12.7 Å². The highest BCUT2D eigenvalue weighted by Gasteiger charge is 2.35. The van der Waals surface area contributed by atoms with Gasteiger partial charge in [0.2, 0.25) is 5.16 Å². The van der Waals surface area contributed by atoms with Gasteiger partial charge in [-0.15, -0.1) is 0 Å². The molecule has 3 aromatic rings. The lowest BCUT2D eigenvalue weighted by molar-refractivity contribution is 0.0652. The maximum Gasteiger partial charge on any atom is 0.309 e. The molecule has 1 aliphatic heterocycles. The maximum atomic E-state index is 13.1. The third-order valence-electron chi connectivity index (χ3n) is 5.27. The molecule has 0 bridgehead atoms. The van der Waals surface area contributed by atoms with Gasteiger partial charge in [0, 0.05) is 25.5 Å². The first-order valence-electron chi connectivity index (χ1n) is 10.1. The Morgan fingerprint density at radius 1 is 0.939 bits per heavy atom. The van der Waals surface area contributed by atoms with Crippen LogP contribution in [0.2, 0.25) is 0 Å². The fourth-order valence-electron chi connectivity index (χ4n) is 3.57. The molecule has 2 amide bonds. The summed E-state index contributed by atoms with van der Waals surface area (Å²) in [6, 6.07) is 15.1. The largest absolute Gasteiger partial charge is 0.309 e. The van der Waals surface area contributed by atoms with Crippen LogP contribution in [0.25, 0.3) is 0 Å². The Balaban J connectivity index is 1.59. The molecule has 1 aliphatic rings. The fraction of sp³-hybridized carbons (Fsp3) is 0.227. The zero-order chi connectivity index (χ0) is 23.8. The second-order valence-electron chi connectivity index (χ2n) is 7.58. The summed E-state index contributed by atoms with van der Waals surface area (Å²) in [5, 5.41) is -0.106. The van der Waals surface area contributed by atoms with Gasteiger partial charge in [-0.3, -0.25) is 14.5 Å². The highest BCUT2D eigenvalue weighted by Crippen LogP contribution is 2.24. The predicted molar refractivity (Wildman–Crippen MR) is 121 cm³/mol. The number of nitrogens with zero attached hydrogens (tertiary/aromatic N) is 4. The first kappa shape index (κ1) is 23.0. The quantitative estimate of drug-likeness (QED) is 0.450. The van der Waals surface area contributed by atoms with Crippen LogP contribution >= 0.6 is 0 Å². The third-order valence-corrected chi connectivity index (χ3v) is 8.49. The number of hydrogen-bond donors (Lipinski definition) is 0. The van der Waals surface area contributed by atoms with Crippen molar-refractivity contribution in [2.45, 2.75) is 22.9 Å². The van der Waals surface area contributed by atoms with E-state index >= 15 is 0 Å². The van der Waals surface area contributed by atoms with Crippen LogP contribution < -0.4 is 0 Å². The van der Waals surface area contributed by atoms with Crippen molar-refractivity contribution < 1.29 is 22.2 Å². The van der Waals surface area contributed by atoms with Gasteiger partial charge in [-0.1, -0.05) is 30.3 Å². The molecular formula is C22H22N4O5S2. The summed E-state index contributed by atoms with van der Waals surface area (Å²) in [5.41, 5.74) is 1.05. The highest BCUT2D eigenvalue weighted by atomic mass is 32.2. The van der Waals surface area contributed by atoms with Crippen molar-refractivity contribution in [2.75, 3.05) is 20.6 Å². The van der Waals surface area contributed by atoms with Gasteiger partial charge in [-0.25, -0.2) is 13.2 Å². The Morgan fingerprint density at radius 3 is 2.09 bits per heavy atom. The summed E-state index contributed by atoms with van der Waals surface area (Å²) in [7, 11) is -3.07. The second kappa shape index (κ2) is 9.00. The Bertz CT molecular complexity index is 1320. The number of fused-ring (bicyclic) bond motifs is 1. The molecule has 1 aromatic heterocycles. The van der Waals surface area contributed by atoms with Crippen LogP contribution in [0.4, 0.5) is 0 Å². The number of aromatic nitrogens is 2. The number of imide groups is 1. The maximum absolute atomic E-state index is 13.1. The van der Waals surface area contributed by atoms with E-state index in [-0.39, 0.29) is 29.9 Å². The molecule has 0 fully saturated rings. The highest BCUT2D eigenvalue weighted by molar-refractivity contribution is 7.89.